The van der Waals surface area contributed by atoms with Crippen molar-refractivity contribution in [1.82, 2.24) is 14.8 Å². The van der Waals surface area contributed by atoms with E-state index < -0.39 is 0 Å². The third-order valence-corrected chi connectivity index (χ3v) is 5.57. The Kier molecular flexibility index (Phi) is 5.91. The largest absolute Gasteiger partial charge is 0.497 e. The summed E-state index contributed by atoms with van der Waals surface area (Å²) in [4.78, 5) is 0. The maximum Gasteiger partial charge on any atom is 0.192 e. The first kappa shape index (κ1) is 19.2. The van der Waals surface area contributed by atoms with E-state index in [1.54, 1.807) is 31.0 Å². The molecule has 0 saturated carbocycles. The lowest BCUT2D eigenvalue weighted by atomic mass is 10.2. The van der Waals surface area contributed by atoms with Crippen LogP contribution in [0.4, 0.5) is 4.39 Å². The summed E-state index contributed by atoms with van der Waals surface area (Å²) in [5.41, 5.74) is 3.17. The third kappa shape index (κ3) is 4.66. The molecular weight excluding hydrogens is 385 g/mol. The highest BCUT2D eigenvalue weighted by atomic mass is 32.2. The second-order valence-corrected chi connectivity index (χ2v) is 7.46. The lowest BCUT2D eigenvalue weighted by molar-refractivity contribution is 0.414. The van der Waals surface area contributed by atoms with Gasteiger partial charge in [-0.15, -0.1) is 10.2 Å². The van der Waals surface area contributed by atoms with Crippen LogP contribution >= 0.6 is 11.8 Å². The molecule has 1 heterocycles. The van der Waals surface area contributed by atoms with Crippen molar-refractivity contribution in [2.24, 2.45) is 0 Å². The quantitative estimate of drug-likeness (QED) is 0.384. The van der Waals surface area contributed by atoms with Gasteiger partial charge in [0.25, 0.3) is 0 Å². The molecule has 4 rings (SSSR count). The molecule has 0 aliphatic rings. The topological polar surface area (TPSA) is 39.9 Å². The van der Waals surface area contributed by atoms with Gasteiger partial charge in [-0.25, -0.2) is 4.39 Å². The summed E-state index contributed by atoms with van der Waals surface area (Å²) >= 11 is 1.63. The maximum absolute atomic E-state index is 13.4. The van der Waals surface area contributed by atoms with E-state index >= 15 is 0 Å². The van der Waals surface area contributed by atoms with Crippen LogP contribution in [0.15, 0.2) is 84.0 Å². The number of hydrogen-bond donors (Lipinski definition) is 0. The molecule has 4 nitrogen and oxygen atoms in total. The Morgan fingerprint density at radius 2 is 1.59 bits per heavy atom. The van der Waals surface area contributed by atoms with E-state index in [2.05, 4.69) is 26.9 Å². The SMILES string of the molecule is COc1ccc(CSc2nnc(-c3ccc(F)cc3)n2Cc2ccccc2)cc1. The summed E-state index contributed by atoms with van der Waals surface area (Å²) in [6.45, 7) is 0.644. The zero-order valence-corrected chi connectivity index (χ0v) is 16.8. The second-order valence-electron chi connectivity index (χ2n) is 6.52. The van der Waals surface area contributed by atoms with Crippen LogP contribution in [-0.2, 0) is 12.3 Å². The van der Waals surface area contributed by atoms with Gasteiger partial charge in [0.15, 0.2) is 11.0 Å². The van der Waals surface area contributed by atoms with Crippen molar-refractivity contribution < 1.29 is 9.13 Å². The number of halogens is 1. The average Bonchev–Trinajstić information content (AvgIpc) is 3.16. The van der Waals surface area contributed by atoms with Gasteiger partial charge in [0, 0.05) is 11.3 Å². The summed E-state index contributed by atoms with van der Waals surface area (Å²) in [5, 5.41) is 9.64. The second kappa shape index (κ2) is 8.92. The van der Waals surface area contributed by atoms with Gasteiger partial charge in [0.1, 0.15) is 11.6 Å². The van der Waals surface area contributed by atoms with E-state index in [0.29, 0.717) is 6.54 Å². The van der Waals surface area contributed by atoms with E-state index in [-0.39, 0.29) is 5.82 Å². The summed E-state index contributed by atoms with van der Waals surface area (Å²) in [6, 6.07) is 24.5. The number of benzene rings is 3. The Balaban J connectivity index is 1.62. The van der Waals surface area contributed by atoms with Crippen LogP contribution in [0.3, 0.4) is 0 Å². The lowest BCUT2D eigenvalue weighted by Crippen LogP contribution is -2.04. The molecule has 0 amide bonds. The van der Waals surface area contributed by atoms with E-state index in [1.807, 2.05) is 42.5 Å². The van der Waals surface area contributed by atoms with Crippen LogP contribution in [0.5, 0.6) is 5.75 Å². The molecule has 0 atom stereocenters. The van der Waals surface area contributed by atoms with Gasteiger partial charge in [-0.2, -0.15) is 0 Å². The Morgan fingerprint density at radius 3 is 2.28 bits per heavy atom. The van der Waals surface area contributed by atoms with E-state index in [9.17, 15) is 4.39 Å². The molecule has 0 bridgehead atoms. The first-order valence-corrected chi connectivity index (χ1v) is 10.2. The predicted molar refractivity (Wildman–Crippen MR) is 114 cm³/mol. The van der Waals surface area contributed by atoms with Crippen LogP contribution in [0.25, 0.3) is 11.4 Å². The Hall–Kier alpha value is -3.12. The summed E-state index contributed by atoms with van der Waals surface area (Å²) < 4.78 is 20.7. The van der Waals surface area contributed by atoms with Gasteiger partial charge in [-0.05, 0) is 47.5 Å². The maximum atomic E-state index is 13.4. The van der Waals surface area contributed by atoms with Crippen LogP contribution in [-0.4, -0.2) is 21.9 Å². The number of nitrogens with zero attached hydrogens (tertiary/aromatic N) is 3. The highest BCUT2D eigenvalue weighted by molar-refractivity contribution is 7.98. The molecule has 0 aliphatic heterocycles. The van der Waals surface area contributed by atoms with Crippen molar-refractivity contribution in [3.8, 4) is 17.1 Å². The molecule has 4 aromatic rings. The van der Waals surface area contributed by atoms with Gasteiger partial charge < -0.3 is 4.74 Å². The standard InChI is InChI=1S/C23H20FN3OS/c1-28-21-13-7-18(8-14-21)16-29-23-26-25-22(19-9-11-20(24)12-10-19)27(23)15-17-5-3-2-4-6-17/h2-14H,15-16H2,1H3. The van der Waals surface area contributed by atoms with Gasteiger partial charge in [0.2, 0.25) is 0 Å². The van der Waals surface area contributed by atoms with Gasteiger partial charge in [0.05, 0.1) is 13.7 Å². The number of hydrogen-bond acceptors (Lipinski definition) is 4. The fraction of sp³-hybridized carbons (Fsp3) is 0.130. The summed E-state index contributed by atoms with van der Waals surface area (Å²) in [7, 11) is 1.66. The highest BCUT2D eigenvalue weighted by Crippen LogP contribution is 2.28. The van der Waals surface area contributed by atoms with E-state index in [4.69, 9.17) is 4.74 Å². The molecule has 0 unspecified atom stereocenters. The Morgan fingerprint density at radius 1 is 0.862 bits per heavy atom. The van der Waals surface area contributed by atoms with Gasteiger partial charge in [-0.1, -0.05) is 54.2 Å². The van der Waals surface area contributed by atoms with Crippen LogP contribution in [0, 0.1) is 5.82 Å². The first-order valence-electron chi connectivity index (χ1n) is 9.22. The average molecular weight is 405 g/mol. The fourth-order valence-corrected chi connectivity index (χ4v) is 3.88. The molecule has 0 radical (unpaired) electrons. The molecule has 29 heavy (non-hydrogen) atoms. The van der Waals surface area contributed by atoms with E-state index in [1.165, 1.54) is 17.7 Å². The molecular formula is C23H20FN3OS. The molecule has 146 valence electrons. The number of aromatic nitrogens is 3. The fourth-order valence-electron chi connectivity index (χ4n) is 2.99. The van der Waals surface area contributed by atoms with Crippen molar-refractivity contribution in [1.29, 1.82) is 0 Å². The third-order valence-electron chi connectivity index (χ3n) is 4.53. The van der Waals surface area contributed by atoms with Crippen molar-refractivity contribution in [3.05, 3.63) is 95.8 Å². The van der Waals surface area contributed by atoms with Crippen molar-refractivity contribution in [3.63, 3.8) is 0 Å². The van der Waals surface area contributed by atoms with Crippen molar-refractivity contribution in [2.75, 3.05) is 7.11 Å². The molecule has 6 heteroatoms. The zero-order chi connectivity index (χ0) is 20.1. The molecule has 0 aliphatic carbocycles. The predicted octanol–water partition coefficient (Wildman–Crippen LogP) is 5.43. The van der Waals surface area contributed by atoms with Crippen molar-refractivity contribution in [2.45, 2.75) is 17.5 Å². The minimum Gasteiger partial charge on any atom is -0.497 e. The summed E-state index contributed by atoms with van der Waals surface area (Å²) in [5.74, 6) is 2.06. The molecule has 0 spiro atoms. The highest BCUT2D eigenvalue weighted by Gasteiger charge is 2.15. The van der Waals surface area contributed by atoms with Crippen LogP contribution in [0.2, 0.25) is 0 Å². The van der Waals surface area contributed by atoms with Gasteiger partial charge >= 0.3 is 0 Å². The molecule has 0 saturated heterocycles. The molecule has 1 aromatic heterocycles. The van der Waals surface area contributed by atoms with Crippen LogP contribution < -0.4 is 4.74 Å². The first-order chi connectivity index (χ1) is 14.2. The van der Waals surface area contributed by atoms with Crippen LogP contribution in [0.1, 0.15) is 11.1 Å². The smallest absolute Gasteiger partial charge is 0.192 e. The lowest BCUT2D eigenvalue weighted by Gasteiger charge is -2.11. The molecule has 0 fully saturated rings. The summed E-state index contributed by atoms with van der Waals surface area (Å²) in [6.07, 6.45) is 0. The number of ether oxygens (including phenoxy) is 1. The number of methoxy groups -OCH3 is 1. The molecule has 3 aromatic carbocycles. The minimum atomic E-state index is -0.267. The Labute approximate surface area is 173 Å². The van der Waals surface area contributed by atoms with E-state index in [0.717, 1.165) is 33.6 Å². The normalized spacial score (nSPS) is 10.8. The Bertz CT molecular complexity index is 1060. The van der Waals surface area contributed by atoms with Crippen molar-refractivity contribution >= 4 is 11.8 Å². The monoisotopic (exact) mass is 405 g/mol. The van der Waals surface area contributed by atoms with Gasteiger partial charge in [-0.3, -0.25) is 4.57 Å². The minimum absolute atomic E-state index is 0.267. The molecule has 0 N–H and O–H groups in total. The zero-order valence-electron chi connectivity index (χ0n) is 16.0. The number of rotatable bonds is 7. The number of thioether (sulfide) groups is 1.